The first kappa shape index (κ1) is 19.2. The van der Waals surface area contributed by atoms with E-state index in [0.29, 0.717) is 11.7 Å². The summed E-state index contributed by atoms with van der Waals surface area (Å²) in [5.41, 5.74) is 2.52. The van der Waals surface area contributed by atoms with Crippen molar-refractivity contribution in [2.75, 3.05) is 39.8 Å². The van der Waals surface area contributed by atoms with Crippen LogP contribution < -0.4 is 5.32 Å². The minimum Gasteiger partial charge on any atom is -0.379 e. The predicted molar refractivity (Wildman–Crippen MR) is 105 cm³/mol. The fourth-order valence-corrected chi connectivity index (χ4v) is 3.50. The molecule has 2 unspecified atom stereocenters. The Kier molecular flexibility index (Phi) is 6.91. The molecule has 1 saturated heterocycles. The molecule has 0 aliphatic carbocycles. The van der Waals surface area contributed by atoms with Crippen LogP contribution in [0.2, 0.25) is 5.15 Å². The van der Waals surface area contributed by atoms with Crippen molar-refractivity contribution in [1.82, 2.24) is 20.2 Å². The van der Waals surface area contributed by atoms with Gasteiger partial charge in [0, 0.05) is 45.1 Å². The molecular weight excluding hydrogens is 350 g/mol. The van der Waals surface area contributed by atoms with Gasteiger partial charge in [-0.25, -0.2) is 4.98 Å². The number of pyridine rings is 2. The standard InChI is InChI=1S/C19H26ClN5O/c1-26-16(13-25-6-2-3-7-25)12-22-10-15(9-21)14-8-18-17(23-11-14)4-5-19(20)24-18/h4-5,8-9,11,15-16,21-22H,2-3,6-7,10,12-13H2,1H3. The van der Waals surface area contributed by atoms with Crippen LogP contribution in [0, 0.1) is 5.41 Å². The summed E-state index contributed by atoms with van der Waals surface area (Å²) in [5.74, 6) is -0.0584. The van der Waals surface area contributed by atoms with Crippen LogP contribution in [0.5, 0.6) is 0 Å². The highest BCUT2D eigenvalue weighted by Gasteiger charge is 2.18. The van der Waals surface area contributed by atoms with Gasteiger partial charge in [0.15, 0.2) is 0 Å². The zero-order valence-corrected chi connectivity index (χ0v) is 15.9. The lowest BCUT2D eigenvalue weighted by molar-refractivity contribution is 0.0711. The zero-order chi connectivity index (χ0) is 18.4. The molecule has 6 nitrogen and oxygen atoms in total. The van der Waals surface area contributed by atoms with E-state index >= 15 is 0 Å². The molecule has 1 fully saturated rings. The Bertz CT molecular complexity index is 735. The molecule has 3 rings (SSSR count). The Morgan fingerprint density at radius 3 is 2.85 bits per heavy atom. The number of ether oxygens (including phenoxy) is 1. The number of aromatic nitrogens is 2. The lowest BCUT2D eigenvalue weighted by Crippen LogP contribution is -2.39. The summed E-state index contributed by atoms with van der Waals surface area (Å²) < 4.78 is 5.61. The maximum atomic E-state index is 7.78. The zero-order valence-electron chi connectivity index (χ0n) is 15.1. The van der Waals surface area contributed by atoms with Crippen molar-refractivity contribution >= 4 is 28.8 Å². The van der Waals surface area contributed by atoms with Crippen molar-refractivity contribution in [2.24, 2.45) is 0 Å². The first-order valence-electron chi connectivity index (χ1n) is 9.08. The average Bonchev–Trinajstić information content (AvgIpc) is 3.16. The van der Waals surface area contributed by atoms with Gasteiger partial charge in [0.1, 0.15) is 5.15 Å². The minimum absolute atomic E-state index is 0.0584. The molecule has 0 spiro atoms. The highest BCUT2D eigenvalue weighted by atomic mass is 35.5. The van der Waals surface area contributed by atoms with Crippen molar-refractivity contribution in [2.45, 2.75) is 24.9 Å². The van der Waals surface area contributed by atoms with Gasteiger partial charge in [0.05, 0.1) is 17.1 Å². The topological polar surface area (TPSA) is 74.1 Å². The van der Waals surface area contributed by atoms with Crippen LogP contribution in [0.3, 0.4) is 0 Å². The lowest BCUT2D eigenvalue weighted by Gasteiger charge is -2.23. The lowest BCUT2D eigenvalue weighted by atomic mass is 10.0. The van der Waals surface area contributed by atoms with E-state index in [2.05, 4.69) is 20.2 Å². The molecule has 0 bridgehead atoms. The number of nitrogens with one attached hydrogen (secondary N) is 2. The normalized spacial score (nSPS) is 17.5. The third-order valence-electron chi connectivity index (χ3n) is 4.88. The summed E-state index contributed by atoms with van der Waals surface area (Å²) >= 11 is 5.97. The van der Waals surface area contributed by atoms with Gasteiger partial charge in [-0.05, 0) is 49.7 Å². The van der Waals surface area contributed by atoms with E-state index in [1.807, 2.05) is 18.3 Å². The second kappa shape index (κ2) is 9.37. The van der Waals surface area contributed by atoms with Gasteiger partial charge in [-0.1, -0.05) is 11.6 Å². The summed E-state index contributed by atoms with van der Waals surface area (Å²) in [7, 11) is 1.76. The molecule has 0 aromatic carbocycles. The first-order valence-corrected chi connectivity index (χ1v) is 9.46. The van der Waals surface area contributed by atoms with Gasteiger partial charge in [-0.3, -0.25) is 4.98 Å². The molecule has 3 heterocycles. The summed E-state index contributed by atoms with van der Waals surface area (Å²) in [5, 5.41) is 11.7. The van der Waals surface area contributed by atoms with E-state index in [1.54, 1.807) is 13.2 Å². The van der Waals surface area contributed by atoms with Crippen LogP contribution >= 0.6 is 11.6 Å². The summed E-state index contributed by atoms with van der Waals surface area (Å²) in [4.78, 5) is 11.2. The fraction of sp³-hybridized carbons (Fsp3) is 0.526. The Hall–Kier alpha value is -1.60. The monoisotopic (exact) mass is 375 g/mol. The Labute approximate surface area is 159 Å². The van der Waals surface area contributed by atoms with Crippen molar-refractivity contribution < 1.29 is 4.74 Å². The third kappa shape index (κ3) is 4.98. The second-order valence-corrected chi connectivity index (χ2v) is 7.12. The van der Waals surface area contributed by atoms with E-state index in [4.69, 9.17) is 21.7 Å². The molecule has 2 aromatic heterocycles. The van der Waals surface area contributed by atoms with E-state index in [9.17, 15) is 0 Å². The largest absolute Gasteiger partial charge is 0.379 e. The highest BCUT2D eigenvalue weighted by Crippen LogP contribution is 2.19. The Morgan fingerprint density at radius 1 is 1.31 bits per heavy atom. The summed E-state index contributed by atoms with van der Waals surface area (Å²) in [6, 6.07) is 5.55. The van der Waals surface area contributed by atoms with Gasteiger partial charge < -0.3 is 20.4 Å². The van der Waals surface area contributed by atoms with Crippen molar-refractivity contribution in [3.63, 3.8) is 0 Å². The van der Waals surface area contributed by atoms with Gasteiger partial charge in [-0.15, -0.1) is 0 Å². The van der Waals surface area contributed by atoms with Crippen LogP contribution in [0.1, 0.15) is 24.3 Å². The number of nitrogens with zero attached hydrogens (tertiary/aromatic N) is 3. The highest BCUT2D eigenvalue weighted by molar-refractivity contribution is 6.29. The number of methoxy groups -OCH3 is 1. The van der Waals surface area contributed by atoms with E-state index in [0.717, 1.165) is 29.7 Å². The number of halogens is 1. The SMILES string of the molecule is COC(CNCC(C=N)c1cnc2ccc(Cl)nc2c1)CN1CCCC1. The molecule has 0 radical (unpaired) electrons. The van der Waals surface area contributed by atoms with Gasteiger partial charge in [-0.2, -0.15) is 0 Å². The molecule has 2 atom stereocenters. The number of fused-ring (bicyclic) bond motifs is 1. The summed E-state index contributed by atoms with van der Waals surface area (Å²) in [6.07, 6.45) is 5.99. The van der Waals surface area contributed by atoms with Crippen molar-refractivity contribution in [3.05, 3.63) is 35.1 Å². The van der Waals surface area contributed by atoms with E-state index in [-0.39, 0.29) is 12.0 Å². The number of rotatable bonds is 9. The van der Waals surface area contributed by atoms with Crippen LogP contribution in [-0.4, -0.2) is 67.0 Å². The maximum Gasteiger partial charge on any atom is 0.129 e. The van der Waals surface area contributed by atoms with Crippen LogP contribution in [0.15, 0.2) is 24.4 Å². The predicted octanol–water partition coefficient (Wildman–Crippen LogP) is 2.72. The molecule has 2 N–H and O–H groups in total. The molecule has 1 aliphatic rings. The number of hydrogen-bond donors (Lipinski definition) is 2. The van der Waals surface area contributed by atoms with Gasteiger partial charge in [0.25, 0.3) is 0 Å². The minimum atomic E-state index is -0.0584. The molecular formula is C19H26ClN5O. The molecule has 0 amide bonds. The summed E-state index contributed by atoms with van der Waals surface area (Å²) in [6.45, 7) is 4.72. The molecule has 140 valence electrons. The molecule has 26 heavy (non-hydrogen) atoms. The third-order valence-corrected chi connectivity index (χ3v) is 5.09. The van der Waals surface area contributed by atoms with E-state index < -0.39 is 0 Å². The number of hydrogen-bond acceptors (Lipinski definition) is 6. The Balaban J connectivity index is 1.57. The van der Waals surface area contributed by atoms with Gasteiger partial charge >= 0.3 is 0 Å². The fourth-order valence-electron chi connectivity index (χ4n) is 3.35. The van der Waals surface area contributed by atoms with Gasteiger partial charge in [0.2, 0.25) is 0 Å². The van der Waals surface area contributed by atoms with Crippen LogP contribution in [0.4, 0.5) is 0 Å². The molecule has 1 aliphatic heterocycles. The average molecular weight is 376 g/mol. The van der Waals surface area contributed by atoms with E-state index in [1.165, 1.54) is 32.1 Å². The molecule has 2 aromatic rings. The molecule has 0 saturated carbocycles. The van der Waals surface area contributed by atoms with Crippen LogP contribution in [0.25, 0.3) is 11.0 Å². The molecule has 7 heteroatoms. The quantitative estimate of drug-likeness (QED) is 0.520. The second-order valence-electron chi connectivity index (χ2n) is 6.74. The van der Waals surface area contributed by atoms with Crippen molar-refractivity contribution in [3.8, 4) is 0 Å². The maximum absolute atomic E-state index is 7.78. The smallest absolute Gasteiger partial charge is 0.129 e. The first-order chi connectivity index (χ1) is 12.7. The Morgan fingerprint density at radius 2 is 2.12 bits per heavy atom. The van der Waals surface area contributed by atoms with Crippen LogP contribution in [-0.2, 0) is 4.74 Å². The van der Waals surface area contributed by atoms with Crippen molar-refractivity contribution in [1.29, 1.82) is 5.41 Å². The number of likely N-dealkylation sites (tertiary alicyclic amines) is 1.